The minimum atomic E-state index is 0.355. The summed E-state index contributed by atoms with van der Waals surface area (Å²) in [4.78, 5) is 0. The third-order valence-electron chi connectivity index (χ3n) is 3.84. The zero-order valence-corrected chi connectivity index (χ0v) is 13.0. The summed E-state index contributed by atoms with van der Waals surface area (Å²) < 4.78 is 6.13. The molecule has 2 nitrogen and oxygen atoms in total. The molecule has 0 saturated carbocycles. The number of rotatable bonds is 8. The predicted octanol–water partition coefficient (Wildman–Crippen LogP) is 5.36. The standard InChI is InChI=1S/C18H27NO/c1-4-6-7-11-16(19-12-5-2)17-13-15-10-8-9-14(3)18(15)20-17/h8-10,13,16,19H,4-7,11-12H2,1-3H3. The maximum atomic E-state index is 6.13. The number of aryl methyl sites for hydroxylation is 1. The van der Waals surface area contributed by atoms with E-state index in [2.05, 4.69) is 50.4 Å². The number of benzene rings is 1. The quantitative estimate of drug-likeness (QED) is 0.655. The third kappa shape index (κ3) is 3.63. The van der Waals surface area contributed by atoms with Gasteiger partial charge in [0.15, 0.2) is 0 Å². The average molecular weight is 273 g/mol. The second-order valence-electron chi connectivity index (χ2n) is 5.64. The van der Waals surface area contributed by atoms with Gasteiger partial charge >= 0.3 is 0 Å². The van der Waals surface area contributed by atoms with E-state index in [4.69, 9.17) is 4.42 Å². The Morgan fingerprint density at radius 2 is 2.00 bits per heavy atom. The Morgan fingerprint density at radius 1 is 1.15 bits per heavy atom. The second-order valence-corrected chi connectivity index (χ2v) is 5.64. The minimum Gasteiger partial charge on any atom is -0.459 e. The van der Waals surface area contributed by atoms with Crippen LogP contribution in [0.1, 0.15) is 63.3 Å². The van der Waals surface area contributed by atoms with Crippen LogP contribution in [0.3, 0.4) is 0 Å². The molecule has 0 aliphatic carbocycles. The SMILES string of the molecule is CCCCCC(NCCC)c1cc2cccc(C)c2o1. The topological polar surface area (TPSA) is 25.2 Å². The molecule has 0 radical (unpaired) electrons. The van der Waals surface area contributed by atoms with Gasteiger partial charge in [0.05, 0.1) is 6.04 Å². The van der Waals surface area contributed by atoms with Crippen LogP contribution in [0.25, 0.3) is 11.0 Å². The molecule has 0 aliphatic heterocycles. The third-order valence-corrected chi connectivity index (χ3v) is 3.84. The molecule has 0 spiro atoms. The maximum Gasteiger partial charge on any atom is 0.137 e. The predicted molar refractivity (Wildman–Crippen MR) is 86.1 cm³/mol. The van der Waals surface area contributed by atoms with Crippen LogP contribution in [-0.2, 0) is 0 Å². The highest BCUT2D eigenvalue weighted by Crippen LogP contribution is 2.28. The number of hydrogen-bond acceptors (Lipinski definition) is 2. The molecule has 2 heteroatoms. The fraction of sp³-hybridized carbons (Fsp3) is 0.556. The molecule has 0 bridgehead atoms. The van der Waals surface area contributed by atoms with Gasteiger partial charge in [0, 0.05) is 5.39 Å². The highest BCUT2D eigenvalue weighted by atomic mass is 16.3. The normalized spacial score (nSPS) is 12.9. The summed E-state index contributed by atoms with van der Waals surface area (Å²) in [5, 5.41) is 4.85. The molecule has 1 N–H and O–H groups in total. The van der Waals surface area contributed by atoms with E-state index >= 15 is 0 Å². The highest BCUT2D eigenvalue weighted by molar-refractivity contribution is 5.80. The Kier molecular flexibility index (Phi) is 5.66. The molecule has 2 aromatic rings. The first kappa shape index (κ1) is 15.1. The maximum absolute atomic E-state index is 6.13. The zero-order chi connectivity index (χ0) is 14.4. The Morgan fingerprint density at radius 3 is 2.70 bits per heavy atom. The Hall–Kier alpha value is -1.28. The largest absolute Gasteiger partial charge is 0.459 e. The number of nitrogens with one attached hydrogen (secondary N) is 1. The number of furan rings is 1. The van der Waals surface area contributed by atoms with Crippen molar-refractivity contribution < 1.29 is 4.42 Å². The molecule has 1 unspecified atom stereocenters. The van der Waals surface area contributed by atoms with Gasteiger partial charge in [-0.15, -0.1) is 0 Å². The first-order valence-corrected chi connectivity index (χ1v) is 7.98. The van der Waals surface area contributed by atoms with Crippen LogP contribution in [0.15, 0.2) is 28.7 Å². The Balaban J connectivity index is 2.18. The molecule has 0 aliphatic rings. The molecular weight excluding hydrogens is 246 g/mol. The molecule has 20 heavy (non-hydrogen) atoms. The van der Waals surface area contributed by atoms with E-state index in [1.165, 1.54) is 30.2 Å². The summed E-state index contributed by atoms with van der Waals surface area (Å²) in [5.41, 5.74) is 2.26. The summed E-state index contributed by atoms with van der Waals surface area (Å²) in [5.74, 6) is 1.10. The summed E-state index contributed by atoms with van der Waals surface area (Å²) in [7, 11) is 0. The lowest BCUT2D eigenvalue weighted by Gasteiger charge is -2.15. The lowest BCUT2D eigenvalue weighted by molar-refractivity contribution is 0.398. The summed E-state index contributed by atoms with van der Waals surface area (Å²) in [6, 6.07) is 8.91. The molecule has 0 fully saturated rings. The molecule has 1 aromatic carbocycles. The average Bonchev–Trinajstić information content (AvgIpc) is 2.88. The van der Waals surface area contributed by atoms with Gasteiger partial charge in [0.1, 0.15) is 11.3 Å². The van der Waals surface area contributed by atoms with Gasteiger partial charge in [-0.2, -0.15) is 0 Å². The first-order chi connectivity index (χ1) is 9.76. The van der Waals surface area contributed by atoms with Crippen molar-refractivity contribution >= 4 is 11.0 Å². The molecule has 1 aromatic heterocycles. The summed E-state index contributed by atoms with van der Waals surface area (Å²) in [6.07, 6.45) is 6.13. The first-order valence-electron chi connectivity index (χ1n) is 7.98. The summed E-state index contributed by atoms with van der Waals surface area (Å²) in [6.45, 7) is 7.62. The summed E-state index contributed by atoms with van der Waals surface area (Å²) >= 11 is 0. The van der Waals surface area contributed by atoms with Crippen LogP contribution in [0, 0.1) is 6.92 Å². The van der Waals surface area contributed by atoms with Crippen molar-refractivity contribution in [3.05, 3.63) is 35.6 Å². The molecule has 1 atom stereocenters. The van der Waals surface area contributed by atoms with Crippen LogP contribution in [0.5, 0.6) is 0 Å². The number of para-hydroxylation sites is 1. The molecule has 0 saturated heterocycles. The lowest BCUT2D eigenvalue weighted by Crippen LogP contribution is -2.21. The van der Waals surface area contributed by atoms with E-state index in [1.807, 2.05) is 0 Å². The van der Waals surface area contributed by atoms with Gasteiger partial charge in [-0.1, -0.05) is 51.3 Å². The van der Waals surface area contributed by atoms with Crippen LogP contribution in [0.4, 0.5) is 0 Å². The van der Waals surface area contributed by atoms with E-state index in [0.29, 0.717) is 6.04 Å². The Bertz CT molecular complexity index is 529. The van der Waals surface area contributed by atoms with Crippen molar-refractivity contribution in [3.63, 3.8) is 0 Å². The van der Waals surface area contributed by atoms with Gasteiger partial charge in [-0.05, 0) is 37.9 Å². The highest BCUT2D eigenvalue weighted by Gasteiger charge is 2.16. The van der Waals surface area contributed by atoms with Gasteiger partial charge in [-0.3, -0.25) is 0 Å². The number of fused-ring (bicyclic) bond motifs is 1. The van der Waals surface area contributed by atoms with Crippen molar-refractivity contribution in [1.29, 1.82) is 0 Å². The molecule has 0 amide bonds. The van der Waals surface area contributed by atoms with Crippen molar-refractivity contribution in [2.45, 2.75) is 58.9 Å². The molecule has 110 valence electrons. The molecule has 2 rings (SSSR count). The fourth-order valence-electron chi connectivity index (χ4n) is 2.66. The number of unbranched alkanes of at least 4 members (excludes halogenated alkanes) is 2. The van der Waals surface area contributed by atoms with Gasteiger partial charge in [0.2, 0.25) is 0 Å². The van der Waals surface area contributed by atoms with Crippen molar-refractivity contribution in [2.75, 3.05) is 6.54 Å². The molecule has 1 heterocycles. The van der Waals surface area contributed by atoms with E-state index in [0.717, 1.165) is 30.7 Å². The van der Waals surface area contributed by atoms with Crippen LogP contribution in [-0.4, -0.2) is 6.54 Å². The van der Waals surface area contributed by atoms with Crippen LogP contribution in [0.2, 0.25) is 0 Å². The monoisotopic (exact) mass is 273 g/mol. The Labute approximate surface area is 122 Å². The van der Waals surface area contributed by atoms with E-state index < -0.39 is 0 Å². The van der Waals surface area contributed by atoms with E-state index in [-0.39, 0.29) is 0 Å². The minimum absolute atomic E-state index is 0.355. The van der Waals surface area contributed by atoms with Crippen molar-refractivity contribution in [1.82, 2.24) is 5.32 Å². The van der Waals surface area contributed by atoms with Crippen LogP contribution < -0.4 is 5.32 Å². The van der Waals surface area contributed by atoms with Gasteiger partial charge < -0.3 is 9.73 Å². The zero-order valence-electron chi connectivity index (χ0n) is 13.0. The smallest absolute Gasteiger partial charge is 0.137 e. The lowest BCUT2D eigenvalue weighted by atomic mass is 10.1. The van der Waals surface area contributed by atoms with E-state index in [1.54, 1.807) is 0 Å². The van der Waals surface area contributed by atoms with Gasteiger partial charge in [-0.25, -0.2) is 0 Å². The number of hydrogen-bond donors (Lipinski definition) is 1. The van der Waals surface area contributed by atoms with Crippen molar-refractivity contribution in [3.8, 4) is 0 Å². The van der Waals surface area contributed by atoms with E-state index in [9.17, 15) is 0 Å². The van der Waals surface area contributed by atoms with Crippen molar-refractivity contribution in [2.24, 2.45) is 0 Å². The second kappa shape index (κ2) is 7.49. The van der Waals surface area contributed by atoms with Crippen LogP contribution >= 0.6 is 0 Å². The van der Waals surface area contributed by atoms with Gasteiger partial charge in [0.25, 0.3) is 0 Å². The fourth-order valence-corrected chi connectivity index (χ4v) is 2.66. The molecular formula is C18H27NO.